The van der Waals surface area contributed by atoms with Gasteiger partial charge in [-0.25, -0.2) is 0 Å². The Bertz CT molecular complexity index is 801. The molecule has 0 radical (unpaired) electrons. The van der Waals surface area contributed by atoms with Gasteiger partial charge in [-0.2, -0.15) is 0 Å². The Labute approximate surface area is 140 Å². The second kappa shape index (κ2) is 6.52. The molecule has 4 rings (SSSR count). The van der Waals surface area contributed by atoms with Gasteiger partial charge in [0.15, 0.2) is 11.5 Å². The molecular formula is C17H21N7. The van der Waals surface area contributed by atoms with Crippen LogP contribution in [0.2, 0.25) is 0 Å². The molecule has 24 heavy (non-hydrogen) atoms. The van der Waals surface area contributed by atoms with Gasteiger partial charge in [-0.3, -0.25) is 4.90 Å². The van der Waals surface area contributed by atoms with E-state index in [1.807, 2.05) is 12.1 Å². The highest BCUT2D eigenvalue weighted by Crippen LogP contribution is 2.19. The van der Waals surface area contributed by atoms with Crippen molar-refractivity contribution >= 4 is 11.5 Å². The van der Waals surface area contributed by atoms with Gasteiger partial charge in [0.05, 0.1) is 0 Å². The zero-order valence-electron chi connectivity index (χ0n) is 13.8. The molecule has 0 N–H and O–H groups in total. The monoisotopic (exact) mass is 323 g/mol. The molecule has 1 aromatic carbocycles. The van der Waals surface area contributed by atoms with Crippen molar-refractivity contribution in [1.29, 1.82) is 0 Å². The van der Waals surface area contributed by atoms with E-state index in [1.165, 1.54) is 10.2 Å². The van der Waals surface area contributed by atoms with E-state index in [1.54, 1.807) is 0 Å². The Balaban J connectivity index is 1.50. The third kappa shape index (κ3) is 3.07. The number of nitrogens with zero attached hydrogens (tertiary/aromatic N) is 7. The minimum absolute atomic E-state index is 0.387. The summed E-state index contributed by atoms with van der Waals surface area (Å²) in [7, 11) is 0. The molecule has 1 atom stereocenters. The van der Waals surface area contributed by atoms with Gasteiger partial charge in [-0.05, 0) is 41.5 Å². The van der Waals surface area contributed by atoms with Crippen LogP contribution >= 0.6 is 0 Å². The van der Waals surface area contributed by atoms with Crippen LogP contribution in [0, 0.1) is 0 Å². The Morgan fingerprint density at radius 3 is 2.83 bits per heavy atom. The topological polar surface area (TPSA) is 62.5 Å². The smallest absolute Gasteiger partial charge is 0.200 e. The van der Waals surface area contributed by atoms with Crippen molar-refractivity contribution in [3.05, 3.63) is 48.0 Å². The number of anilines is 1. The van der Waals surface area contributed by atoms with E-state index in [0.29, 0.717) is 11.7 Å². The highest BCUT2D eigenvalue weighted by atomic mass is 15.6. The minimum Gasteiger partial charge on any atom is -0.351 e. The normalized spacial score (nSPS) is 19.5. The summed E-state index contributed by atoms with van der Waals surface area (Å²) in [4.78, 5) is 4.88. The summed E-state index contributed by atoms with van der Waals surface area (Å²) in [5.41, 5.74) is 2.04. The fourth-order valence-electron chi connectivity index (χ4n) is 3.37. The van der Waals surface area contributed by atoms with Gasteiger partial charge in [0.2, 0.25) is 0 Å². The summed E-state index contributed by atoms with van der Waals surface area (Å²) in [5.74, 6) is 0.934. The van der Waals surface area contributed by atoms with E-state index in [0.717, 1.165) is 38.4 Å². The first-order valence-electron chi connectivity index (χ1n) is 8.38. The predicted molar refractivity (Wildman–Crippen MR) is 91.7 cm³/mol. The van der Waals surface area contributed by atoms with Crippen molar-refractivity contribution in [3.63, 3.8) is 0 Å². The van der Waals surface area contributed by atoms with Crippen molar-refractivity contribution in [2.24, 2.45) is 0 Å². The third-order valence-corrected chi connectivity index (χ3v) is 4.53. The summed E-state index contributed by atoms with van der Waals surface area (Å²) in [6.07, 6.45) is 1.12. The number of aromatic nitrogens is 5. The van der Waals surface area contributed by atoms with Crippen molar-refractivity contribution < 1.29 is 0 Å². The molecule has 0 bridgehead atoms. The number of hydrogen-bond donors (Lipinski definition) is 0. The molecule has 0 spiro atoms. The Morgan fingerprint density at radius 1 is 1.08 bits per heavy atom. The molecule has 124 valence electrons. The zero-order chi connectivity index (χ0) is 16.4. The van der Waals surface area contributed by atoms with Crippen molar-refractivity contribution in [1.82, 2.24) is 30.2 Å². The van der Waals surface area contributed by atoms with E-state index in [9.17, 15) is 0 Å². The largest absolute Gasteiger partial charge is 0.351 e. The van der Waals surface area contributed by atoms with Gasteiger partial charge < -0.3 is 4.90 Å². The molecule has 2 aromatic heterocycles. The number of tetrazole rings is 1. The SMILES string of the molecule is CC1CN(Cc2ccccc2)CCCN1c1ccc2nnnn2n1. The van der Waals surface area contributed by atoms with Gasteiger partial charge >= 0.3 is 0 Å². The molecule has 3 aromatic rings. The first kappa shape index (κ1) is 15.0. The fourth-order valence-corrected chi connectivity index (χ4v) is 3.37. The molecular weight excluding hydrogens is 302 g/mol. The first-order chi connectivity index (χ1) is 11.8. The average Bonchev–Trinajstić information content (AvgIpc) is 2.99. The number of hydrogen-bond acceptors (Lipinski definition) is 6. The Morgan fingerprint density at radius 2 is 1.96 bits per heavy atom. The molecule has 1 fully saturated rings. The lowest BCUT2D eigenvalue weighted by molar-refractivity contribution is 0.268. The minimum atomic E-state index is 0.387. The van der Waals surface area contributed by atoms with Crippen LogP contribution in [0.4, 0.5) is 5.82 Å². The molecule has 0 aliphatic carbocycles. The van der Waals surface area contributed by atoms with Gasteiger partial charge in [0.25, 0.3) is 0 Å². The highest BCUT2D eigenvalue weighted by molar-refractivity contribution is 5.45. The molecule has 0 saturated carbocycles. The van der Waals surface area contributed by atoms with E-state index in [2.05, 4.69) is 67.7 Å². The molecule has 0 amide bonds. The van der Waals surface area contributed by atoms with Crippen LogP contribution in [0.15, 0.2) is 42.5 Å². The van der Waals surface area contributed by atoms with E-state index in [4.69, 9.17) is 0 Å². The Kier molecular flexibility index (Phi) is 4.08. The second-order valence-electron chi connectivity index (χ2n) is 6.33. The third-order valence-electron chi connectivity index (χ3n) is 4.53. The average molecular weight is 323 g/mol. The quantitative estimate of drug-likeness (QED) is 0.730. The highest BCUT2D eigenvalue weighted by Gasteiger charge is 2.23. The lowest BCUT2D eigenvalue weighted by Crippen LogP contribution is -2.39. The predicted octanol–water partition coefficient (Wildman–Crippen LogP) is 1.62. The lowest BCUT2D eigenvalue weighted by Gasteiger charge is -2.29. The van der Waals surface area contributed by atoms with Crippen LogP contribution in [-0.4, -0.2) is 55.8 Å². The molecule has 7 heteroatoms. The van der Waals surface area contributed by atoms with Crippen LogP contribution < -0.4 is 4.90 Å². The molecule has 1 aliphatic rings. The van der Waals surface area contributed by atoms with Crippen LogP contribution in [0.25, 0.3) is 5.65 Å². The maximum absolute atomic E-state index is 4.55. The van der Waals surface area contributed by atoms with Crippen LogP contribution in [0.1, 0.15) is 18.9 Å². The maximum atomic E-state index is 4.55. The molecule has 3 heterocycles. The van der Waals surface area contributed by atoms with Gasteiger partial charge in [0.1, 0.15) is 0 Å². The van der Waals surface area contributed by atoms with Crippen molar-refractivity contribution in [3.8, 4) is 0 Å². The second-order valence-corrected chi connectivity index (χ2v) is 6.33. The van der Waals surface area contributed by atoms with Crippen molar-refractivity contribution in [2.75, 3.05) is 24.5 Å². The standard InChI is InChI=1S/C17H21N7/c1-14-12-22(13-15-6-3-2-4-7-15)10-5-11-23(14)17-9-8-16-18-20-21-24(16)19-17/h2-4,6-9,14H,5,10-13H2,1H3. The maximum Gasteiger partial charge on any atom is 0.200 e. The fraction of sp³-hybridized carbons (Fsp3) is 0.412. The lowest BCUT2D eigenvalue weighted by atomic mass is 10.2. The van der Waals surface area contributed by atoms with Crippen LogP contribution in [-0.2, 0) is 6.54 Å². The van der Waals surface area contributed by atoms with Crippen molar-refractivity contribution in [2.45, 2.75) is 25.9 Å². The van der Waals surface area contributed by atoms with E-state index in [-0.39, 0.29) is 0 Å². The molecule has 1 unspecified atom stereocenters. The van der Waals surface area contributed by atoms with E-state index >= 15 is 0 Å². The van der Waals surface area contributed by atoms with Gasteiger partial charge in [0, 0.05) is 32.2 Å². The number of benzene rings is 1. The van der Waals surface area contributed by atoms with E-state index < -0.39 is 0 Å². The molecule has 1 aliphatic heterocycles. The number of rotatable bonds is 3. The van der Waals surface area contributed by atoms with Gasteiger partial charge in [-0.15, -0.1) is 14.8 Å². The van der Waals surface area contributed by atoms with Crippen LogP contribution in [0.5, 0.6) is 0 Å². The Hall–Kier alpha value is -2.54. The number of fused-ring (bicyclic) bond motifs is 1. The first-order valence-corrected chi connectivity index (χ1v) is 8.38. The summed E-state index contributed by atoms with van der Waals surface area (Å²) >= 11 is 0. The zero-order valence-corrected chi connectivity index (χ0v) is 13.8. The summed E-state index contributed by atoms with van der Waals surface area (Å²) in [5, 5.41) is 16.0. The van der Waals surface area contributed by atoms with Crippen LogP contribution in [0.3, 0.4) is 0 Å². The summed E-state index contributed by atoms with van der Waals surface area (Å²) < 4.78 is 1.49. The molecule has 1 saturated heterocycles. The van der Waals surface area contributed by atoms with Gasteiger partial charge in [-0.1, -0.05) is 30.3 Å². The summed E-state index contributed by atoms with van der Waals surface area (Å²) in [6.45, 7) is 6.37. The molecule has 7 nitrogen and oxygen atoms in total. The summed E-state index contributed by atoms with van der Waals surface area (Å²) in [6, 6.07) is 15.0.